The van der Waals surface area contributed by atoms with Crippen LogP contribution in [-0.2, 0) is 16.0 Å². The molecule has 0 saturated carbocycles. The van der Waals surface area contributed by atoms with E-state index in [0.29, 0.717) is 13.0 Å². The van der Waals surface area contributed by atoms with E-state index in [4.69, 9.17) is 4.74 Å². The van der Waals surface area contributed by atoms with Gasteiger partial charge in [-0.15, -0.1) is 0 Å². The maximum absolute atomic E-state index is 13.6. The normalized spacial score (nSPS) is 18.8. The summed E-state index contributed by atoms with van der Waals surface area (Å²) in [7, 11) is -3.16. The Morgan fingerprint density at radius 1 is 1.09 bits per heavy atom. The first-order chi connectivity index (χ1) is 14.7. The van der Waals surface area contributed by atoms with E-state index in [1.807, 2.05) is 0 Å². The number of ether oxygens (including phenoxy) is 1. The summed E-state index contributed by atoms with van der Waals surface area (Å²) in [6.07, 6.45) is -5.59. The van der Waals surface area contributed by atoms with Crippen molar-refractivity contribution in [2.75, 3.05) is 24.3 Å². The van der Waals surface area contributed by atoms with Crippen molar-refractivity contribution in [1.82, 2.24) is 0 Å². The lowest BCUT2D eigenvalue weighted by atomic mass is 10.0. The lowest BCUT2D eigenvalue weighted by Gasteiger charge is -2.28. The molecular formula is C21H21F6NO3S. The Balaban J connectivity index is 2.21. The van der Waals surface area contributed by atoms with E-state index in [-0.39, 0.29) is 24.3 Å². The van der Waals surface area contributed by atoms with Gasteiger partial charge in [-0.2, -0.15) is 13.2 Å². The molecule has 0 bridgehead atoms. The number of nitrogens with zero attached hydrogens (tertiary/aromatic N) is 1. The van der Waals surface area contributed by atoms with Gasteiger partial charge in [0.1, 0.15) is 11.6 Å². The predicted octanol–water partition coefficient (Wildman–Crippen LogP) is 5.83. The molecular weight excluding hydrogens is 460 g/mol. The fraction of sp³-hybridized carbons (Fsp3) is 0.429. The van der Waals surface area contributed by atoms with E-state index < -0.39 is 62.1 Å². The van der Waals surface area contributed by atoms with Gasteiger partial charge in [-0.1, -0.05) is 0 Å². The van der Waals surface area contributed by atoms with E-state index in [2.05, 4.69) is 0 Å². The molecule has 0 saturated heterocycles. The number of alkyl halides is 5. The van der Waals surface area contributed by atoms with E-state index in [1.165, 1.54) is 17.0 Å². The molecule has 0 fully saturated rings. The van der Waals surface area contributed by atoms with E-state index in [1.54, 1.807) is 0 Å². The highest BCUT2D eigenvalue weighted by Gasteiger charge is 2.40. The molecule has 0 spiro atoms. The molecule has 0 aliphatic carbocycles. The zero-order chi connectivity index (χ0) is 23.9. The predicted molar refractivity (Wildman–Crippen MR) is 107 cm³/mol. The van der Waals surface area contributed by atoms with Gasteiger partial charge in [0.15, 0.2) is 9.84 Å². The number of sulfone groups is 1. The Labute approximate surface area is 181 Å². The zero-order valence-electron chi connectivity index (χ0n) is 17.2. The third-order valence-electron chi connectivity index (χ3n) is 5.24. The molecule has 1 atom stereocenters. The van der Waals surface area contributed by atoms with Crippen LogP contribution in [0.5, 0.6) is 5.75 Å². The fourth-order valence-electron chi connectivity index (χ4n) is 3.71. The Morgan fingerprint density at radius 3 is 2.25 bits per heavy atom. The minimum atomic E-state index is -4.84. The number of benzene rings is 2. The zero-order valence-corrected chi connectivity index (χ0v) is 18.0. The summed E-state index contributed by atoms with van der Waals surface area (Å²) in [5, 5.41) is 0. The standard InChI is InChI=1S/C21H21F6NO3S/c1-20(23,24)8-7-13-11-28(15-5-3-14(22)4-6-15)17-9-16(21(25,26)27)18(31-2)10-19(17)32(29,30)12-13/h3-6,9-10,13H,7-8,11-12H2,1-2H3. The van der Waals surface area contributed by atoms with Crippen LogP contribution in [0.4, 0.5) is 37.7 Å². The maximum atomic E-state index is 13.6. The first-order valence-corrected chi connectivity index (χ1v) is 11.3. The number of halogens is 6. The molecule has 1 heterocycles. The van der Waals surface area contributed by atoms with Crippen molar-refractivity contribution < 1.29 is 39.5 Å². The average molecular weight is 481 g/mol. The molecule has 0 amide bonds. The summed E-state index contributed by atoms with van der Waals surface area (Å²) in [5.41, 5.74) is -1.22. The van der Waals surface area contributed by atoms with Crippen LogP contribution in [0.25, 0.3) is 0 Å². The van der Waals surface area contributed by atoms with Crippen LogP contribution in [-0.4, -0.2) is 33.7 Å². The molecule has 4 nitrogen and oxygen atoms in total. The van der Waals surface area contributed by atoms with Crippen molar-refractivity contribution in [3.63, 3.8) is 0 Å². The number of fused-ring (bicyclic) bond motifs is 1. The first kappa shape index (κ1) is 24.2. The molecule has 1 aliphatic rings. The first-order valence-electron chi connectivity index (χ1n) is 9.64. The molecule has 0 radical (unpaired) electrons. The van der Waals surface area contributed by atoms with E-state index in [0.717, 1.165) is 25.3 Å². The highest BCUT2D eigenvalue weighted by atomic mass is 32.2. The Morgan fingerprint density at radius 2 is 1.72 bits per heavy atom. The average Bonchev–Trinajstić information content (AvgIpc) is 2.78. The van der Waals surface area contributed by atoms with Crippen LogP contribution in [0.2, 0.25) is 0 Å². The summed E-state index contributed by atoms with van der Waals surface area (Å²) in [4.78, 5) is 0.893. The summed E-state index contributed by atoms with van der Waals surface area (Å²) >= 11 is 0. The summed E-state index contributed by atoms with van der Waals surface area (Å²) in [6.45, 7) is 0.572. The Kier molecular flexibility index (Phi) is 6.43. The highest BCUT2D eigenvalue weighted by Crippen LogP contribution is 2.45. The number of rotatable bonds is 5. The Bertz CT molecular complexity index is 1080. The molecule has 2 aromatic carbocycles. The van der Waals surface area contributed by atoms with Crippen molar-refractivity contribution in [3.05, 3.63) is 47.8 Å². The largest absolute Gasteiger partial charge is 0.496 e. The van der Waals surface area contributed by atoms with Crippen molar-refractivity contribution >= 4 is 21.2 Å². The van der Waals surface area contributed by atoms with Crippen molar-refractivity contribution in [2.24, 2.45) is 5.92 Å². The summed E-state index contributed by atoms with van der Waals surface area (Å²) in [5.74, 6) is -5.62. The van der Waals surface area contributed by atoms with Gasteiger partial charge in [0, 0.05) is 24.7 Å². The van der Waals surface area contributed by atoms with Gasteiger partial charge >= 0.3 is 6.18 Å². The van der Waals surface area contributed by atoms with Gasteiger partial charge in [-0.25, -0.2) is 21.6 Å². The minimum Gasteiger partial charge on any atom is -0.496 e. The number of hydrogen-bond donors (Lipinski definition) is 0. The molecule has 1 unspecified atom stereocenters. The lowest BCUT2D eigenvalue weighted by Crippen LogP contribution is -2.27. The smallest absolute Gasteiger partial charge is 0.420 e. The van der Waals surface area contributed by atoms with Crippen molar-refractivity contribution in [2.45, 2.75) is 36.8 Å². The monoisotopic (exact) mass is 481 g/mol. The van der Waals surface area contributed by atoms with Crippen molar-refractivity contribution in [3.8, 4) is 5.75 Å². The fourth-order valence-corrected chi connectivity index (χ4v) is 5.55. The number of anilines is 2. The molecule has 32 heavy (non-hydrogen) atoms. The molecule has 176 valence electrons. The number of hydrogen-bond acceptors (Lipinski definition) is 4. The molecule has 1 aliphatic heterocycles. The third kappa shape index (κ3) is 5.31. The van der Waals surface area contributed by atoms with Crippen LogP contribution < -0.4 is 9.64 Å². The molecule has 11 heteroatoms. The second-order valence-electron chi connectivity index (χ2n) is 7.86. The van der Waals surface area contributed by atoms with Crippen LogP contribution >= 0.6 is 0 Å². The minimum absolute atomic E-state index is 0.141. The lowest BCUT2D eigenvalue weighted by molar-refractivity contribution is -0.138. The van der Waals surface area contributed by atoms with Gasteiger partial charge in [-0.05, 0) is 49.6 Å². The number of methoxy groups -OCH3 is 1. The van der Waals surface area contributed by atoms with Gasteiger partial charge < -0.3 is 9.64 Å². The van der Waals surface area contributed by atoms with E-state index in [9.17, 15) is 34.8 Å². The topological polar surface area (TPSA) is 46.6 Å². The highest BCUT2D eigenvalue weighted by molar-refractivity contribution is 7.91. The van der Waals surface area contributed by atoms with Crippen molar-refractivity contribution in [1.29, 1.82) is 0 Å². The molecule has 0 aromatic heterocycles. The van der Waals surface area contributed by atoms with Crippen LogP contribution in [0.1, 0.15) is 25.3 Å². The van der Waals surface area contributed by atoms with Gasteiger partial charge in [-0.3, -0.25) is 0 Å². The van der Waals surface area contributed by atoms with Crippen LogP contribution in [0, 0.1) is 11.7 Å². The second-order valence-corrected chi connectivity index (χ2v) is 9.86. The van der Waals surface area contributed by atoms with E-state index >= 15 is 0 Å². The maximum Gasteiger partial charge on any atom is 0.420 e. The summed E-state index contributed by atoms with van der Waals surface area (Å²) < 4.78 is 112. The van der Waals surface area contributed by atoms with Gasteiger partial charge in [0.2, 0.25) is 5.92 Å². The van der Waals surface area contributed by atoms with Gasteiger partial charge in [0.25, 0.3) is 0 Å². The summed E-state index contributed by atoms with van der Waals surface area (Å²) in [6, 6.07) is 6.22. The Hall–Kier alpha value is -2.43. The third-order valence-corrected chi connectivity index (χ3v) is 7.15. The molecule has 2 aromatic rings. The SMILES string of the molecule is COc1cc2c(cc1C(F)(F)F)N(c1ccc(F)cc1)CC(CCC(C)(F)F)CS2(=O)=O. The molecule has 3 rings (SSSR count). The van der Waals surface area contributed by atoms with Crippen LogP contribution in [0.3, 0.4) is 0 Å². The quantitative estimate of drug-likeness (QED) is 0.504. The molecule has 0 N–H and O–H groups in total. The van der Waals surface area contributed by atoms with Gasteiger partial charge in [0.05, 0.1) is 29.0 Å². The van der Waals surface area contributed by atoms with Crippen LogP contribution in [0.15, 0.2) is 41.3 Å². The second kappa shape index (κ2) is 8.49.